The molecule has 1 saturated heterocycles. The molecule has 3 rings (SSSR count). The molecule has 1 aromatic rings. The average Bonchev–Trinajstić information content (AvgIpc) is 2.48. The quantitative estimate of drug-likeness (QED) is 0.930. The van der Waals surface area contributed by atoms with Gasteiger partial charge < -0.3 is 10.0 Å². The number of carbonyl (C=O) groups is 1. The SMILES string of the molecule is Cc1ccc(CC2CCN(C(=O)[C@H]3C[C@@](C)(O)C3)CC2)cc1F. The molecule has 0 unspecified atom stereocenters. The molecule has 1 heterocycles. The zero-order valence-electron chi connectivity index (χ0n) is 14.0. The molecular weight excluding hydrogens is 293 g/mol. The van der Waals surface area contributed by atoms with E-state index in [0.29, 0.717) is 24.3 Å². The summed E-state index contributed by atoms with van der Waals surface area (Å²) in [6.07, 6.45) is 4.02. The lowest BCUT2D eigenvalue weighted by Crippen LogP contribution is -2.51. The first kappa shape index (κ1) is 16.4. The van der Waals surface area contributed by atoms with Crippen LogP contribution in [0.5, 0.6) is 0 Å². The molecule has 0 bridgehead atoms. The van der Waals surface area contributed by atoms with E-state index >= 15 is 0 Å². The molecule has 126 valence electrons. The van der Waals surface area contributed by atoms with Gasteiger partial charge in [0.1, 0.15) is 5.82 Å². The first-order chi connectivity index (χ1) is 10.8. The van der Waals surface area contributed by atoms with Crippen LogP contribution in [0.1, 0.15) is 43.7 Å². The molecule has 0 aromatic heterocycles. The lowest BCUT2D eigenvalue weighted by atomic mass is 9.71. The van der Waals surface area contributed by atoms with Crippen LogP contribution >= 0.6 is 0 Å². The van der Waals surface area contributed by atoms with Crippen LogP contribution in [0.4, 0.5) is 4.39 Å². The number of hydrogen-bond acceptors (Lipinski definition) is 2. The third-order valence-corrected chi connectivity index (χ3v) is 5.41. The maximum Gasteiger partial charge on any atom is 0.225 e. The van der Waals surface area contributed by atoms with Gasteiger partial charge >= 0.3 is 0 Å². The Bertz CT molecular complexity index is 583. The predicted octanol–water partition coefficient (Wildman–Crippen LogP) is 3.08. The zero-order valence-corrected chi connectivity index (χ0v) is 14.0. The van der Waals surface area contributed by atoms with E-state index in [4.69, 9.17) is 0 Å². The molecule has 1 aromatic carbocycles. The van der Waals surface area contributed by atoms with E-state index in [1.54, 1.807) is 19.9 Å². The van der Waals surface area contributed by atoms with Gasteiger partial charge in [-0.2, -0.15) is 0 Å². The van der Waals surface area contributed by atoms with E-state index in [1.807, 2.05) is 17.0 Å². The lowest BCUT2D eigenvalue weighted by molar-refractivity contribution is -0.151. The van der Waals surface area contributed by atoms with Gasteiger partial charge in [0.05, 0.1) is 5.60 Å². The Morgan fingerprint density at radius 1 is 1.35 bits per heavy atom. The van der Waals surface area contributed by atoms with Crippen molar-refractivity contribution in [3.05, 3.63) is 35.1 Å². The highest BCUT2D eigenvalue weighted by Gasteiger charge is 2.44. The van der Waals surface area contributed by atoms with E-state index in [0.717, 1.165) is 37.9 Å². The summed E-state index contributed by atoms with van der Waals surface area (Å²) in [7, 11) is 0. The molecule has 0 radical (unpaired) electrons. The third kappa shape index (κ3) is 3.74. The van der Waals surface area contributed by atoms with Gasteiger partial charge in [-0.1, -0.05) is 12.1 Å². The third-order valence-electron chi connectivity index (χ3n) is 5.41. The molecule has 1 amide bonds. The second-order valence-corrected chi connectivity index (χ2v) is 7.66. The van der Waals surface area contributed by atoms with Crippen LogP contribution < -0.4 is 0 Å². The van der Waals surface area contributed by atoms with Crippen LogP contribution in [-0.4, -0.2) is 34.6 Å². The van der Waals surface area contributed by atoms with Gasteiger partial charge in [-0.25, -0.2) is 4.39 Å². The second-order valence-electron chi connectivity index (χ2n) is 7.66. The van der Waals surface area contributed by atoms with Crippen molar-refractivity contribution < 1.29 is 14.3 Å². The zero-order chi connectivity index (χ0) is 16.6. The fourth-order valence-corrected chi connectivity index (χ4v) is 3.89. The number of rotatable bonds is 3. The van der Waals surface area contributed by atoms with E-state index in [9.17, 15) is 14.3 Å². The van der Waals surface area contributed by atoms with Crippen molar-refractivity contribution in [2.45, 2.75) is 51.6 Å². The molecule has 3 nitrogen and oxygen atoms in total. The summed E-state index contributed by atoms with van der Waals surface area (Å²) in [5.41, 5.74) is 1.09. The van der Waals surface area contributed by atoms with Crippen LogP contribution in [0.25, 0.3) is 0 Å². The Balaban J connectivity index is 1.48. The topological polar surface area (TPSA) is 40.5 Å². The monoisotopic (exact) mass is 319 g/mol. The van der Waals surface area contributed by atoms with Gasteiger partial charge in [-0.3, -0.25) is 4.79 Å². The van der Waals surface area contributed by atoms with Crippen LogP contribution in [0, 0.1) is 24.6 Å². The minimum absolute atomic E-state index is 0.00717. The average molecular weight is 319 g/mol. The first-order valence-electron chi connectivity index (χ1n) is 8.60. The summed E-state index contributed by atoms with van der Waals surface area (Å²) >= 11 is 0. The Kier molecular flexibility index (Phi) is 4.45. The molecule has 23 heavy (non-hydrogen) atoms. The minimum atomic E-state index is -0.645. The van der Waals surface area contributed by atoms with Gasteiger partial charge in [0.25, 0.3) is 0 Å². The number of amides is 1. The summed E-state index contributed by atoms with van der Waals surface area (Å²) in [4.78, 5) is 14.3. The molecule has 0 spiro atoms. The highest BCUT2D eigenvalue weighted by Crippen LogP contribution is 2.39. The van der Waals surface area contributed by atoms with Crippen molar-refractivity contribution in [1.29, 1.82) is 0 Å². The maximum absolute atomic E-state index is 13.6. The summed E-state index contributed by atoms with van der Waals surface area (Å²) in [5.74, 6) is 0.599. The van der Waals surface area contributed by atoms with Crippen molar-refractivity contribution in [2.24, 2.45) is 11.8 Å². The Morgan fingerprint density at radius 3 is 2.57 bits per heavy atom. The lowest BCUT2D eigenvalue weighted by Gasteiger charge is -2.43. The van der Waals surface area contributed by atoms with Gasteiger partial charge in [0.15, 0.2) is 0 Å². The molecule has 0 atom stereocenters. The first-order valence-corrected chi connectivity index (χ1v) is 8.60. The van der Waals surface area contributed by atoms with E-state index in [2.05, 4.69) is 0 Å². The fourth-order valence-electron chi connectivity index (χ4n) is 3.89. The normalized spacial score (nSPS) is 28.5. The van der Waals surface area contributed by atoms with Crippen LogP contribution in [-0.2, 0) is 11.2 Å². The number of halogens is 1. The molecule has 4 heteroatoms. The smallest absolute Gasteiger partial charge is 0.225 e. The Labute approximate surface area is 137 Å². The molecule has 2 aliphatic rings. The molecule has 2 fully saturated rings. The van der Waals surface area contributed by atoms with E-state index in [1.165, 1.54) is 0 Å². The van der Waals surface area contributed by atoms with Crippen LogP contribution in [0.15, 0.2) is 18.2 Å². The van der Waals surface area contributed by atoms with Gasteiger partial charge in [0.2, 0.25) is 5.91 Å². The van der Waals surface area contributed by atoms with Gasteiger partial charge in [-0.15, -0.1) is 0 Å². The van der Waals surface area contributed by atoms with E-state index < -0.39 is 5.60 Å². The number of likely N-dealkylation sites (tertiary alicyclic amines) is 1. The van der Waals surface area contributed by atoms with Crippen molar-refractivity contribution in [2.75, 3.05) is 13.1 Å². The van der Waals surface area contributed by atoms with Crippen LogP contribution in [0.3, 0.4) is 0 Å². The Morgan fingerprint density at radius 2 is 2.00 bits per heavy atom. The highest BCUT2D eigenvalue weighted by molar-refractivity contribution is 5.80. The van der Waals surface area contributed by atoms with Gasteiger partial charge in [0, 0.05) is 19.0 Å². The number of benzene rings is 1. The highest BCUT2D eigenvalue weighted by atomic mass is 19.1. The molecule has 1 N–H and O–H groups in total. The number of nitrogens with zero attached hydrogens (tertiary/aromatic N) is 1. The summed E-state index contributed by atoms with van der Waals surface area (Å²) in [6, 6.07) is 5.49. The number of piperidine rings is 1. The largest absolute Gasteiger partial charge is 0.390 e. The number of carbonyl (C=O) groups excluding carboxylic acids is 1. The van der Waals surface area contributed by atoms with E-state index in [-0.39, 0.29) is 17.6 Å². The molecule has 1 saturated carbocycles. The molecule has 1 aliphatic heterocycles. The number of aryl methyl sites for hydroxylation is 1. The maximum atomic E-state index is 13.6. The number of hydrogen-bond donors (Lipinski definition) is 1. The Hall–Kier alpha value is -1.42. The van der Waals surface area contributed by atoms with Crippen molar-refractivity contribution in [3.63, 3.8) is 0 Å². The summed E-state index contributed by atoms with van der Waals surface area (Å²) in [6.45, 7) is 5.15. The standard InChI is InChI=1S/C19H26FNO2/c1-13-3-4-15(10-17(13)20)9-14-5-7-21(8-6-14)18(22)16-11-19(2,23)12-16/h3-4,10,14,16,23H,5-9,11-12H2,1-2H3/t16-,19+. The molecule has 1 aliphatic carbocycles. The fraction of sp³-hybridized carbons (Fsp3) is 0.632. The van der Waals surface area contributed by atoms with Crippen molar-refractivity contribution in [1.82, 2.24) is 4.90 Å². The van der Waals surface area contributed by atoms with Crippen molar-refractivity contribution >= 4 is 5.91 Å². The van der Waals surface area contributed by atoms with Gasteiger partial charge in [-0.05, 0) is 69.1 Å². The summed E-state index contributed by atoms with van der Waals surface area (Å²) in [5, 5.41) is 9.78. The predicted molar refractivity (Wildman–Crippen MR) is 87.5 cm³/mol. The van der Waals surface area contributed by atoms with Crippen molar-refractivity contribution in [3.8, 4) is 0 Å². The molecular formula is C19H26FNO2. The number of aliphatic hydroxyl groups is 1. The minimum Gasteiger partial charge on any atom is -0.390 e. The summed E-state index contributed by atoms with van der Waals surface area (Å²) < 4.78 is 13.6. The van der Waals surface area contributed by atoms with Crippen LogP contribution in [0.2, 0.25) is 0 Å². The second kappa shape index (κ2) is 6.23.